The van der Waals surface area contributed by atoms with E-state index in [2.05, 4.69) is 5.32 Å². The third-order valence-electron chi connectivity index (χ3n) is 5.22. The molecule has 1 aliphatic carbocycles. The lowest BCUT2D eigenvalue weighted by Crippen LogP contribution is -2.76. The Kier molecular flexibility index (Phi) is 4.97. The van der Waals surface area contributed by atoms with Gasteiger partial charge in [-0.15, -0.1) is 0 Å². The highest BCUT2D eigenvalue weighted by atomic mass is 16.6. The van der Waals surface area contributed by atoms with Crippen LogP contribution in [0, 0.1) is 5.41 Å². The summed E-state index contributed by atoms with van der Waals surface area (Å²) in [5, 5.41) is 12.4. The minimum absolute atomic E-state index is 0.0165. The summed E-state index contributed by atoms with van der Waals surface area (Å²) in [7, 11) is 0. The van der Waals surface area contributed by atoms with E-state index in [0.29, 0.717) is 12.4 Å². The topological polar surface area (TPSA) is 98.0 Å². The Morgan fingerprint density at radius 2 is 1.93 bits per heavy atom. The summed E-state index contributed by atoms with van der Waals surface area (Å²) >= 11 is 0. The van der Waals surface area contributed by atoms with E-state index in [0.717, 1.165) is 0 Å². The van der Waals surface area contributed by atoms with Gasteiger partial charge in [-0.05, 0) is 25.1 Å². The quantitative estimate of drug-likeness (QED) is 0.771. The normalized spacial score (nSPS) is 23.3. The zero-order valence-corrected chi connectivity index (χ0v) is 15.5. The number of furan rings is 1. The zero-order chi connectivity index (χ0) is 19.7. The Morgan fingerprint density at radius 3 is 2.52 bits per heavy atom. The number of carboxylic acid groups (broad SMARTS) is 1. The van der Waals surface area contributed by atoms with Gasteiger partial charge in [-0.3, -0.25) is 4.79 Å². The highest BCUT2D eigenvalue weighted by molar-refractivity contribution is 5.97. The fraction of sp³-hybridized carbons (Fsp3) is 0.400. The van der Waals surface area contributed by atoms with Crippen molar-refractivity contribution in [3.8, 4) is 11.7 Å². The van der Waals surface area contributed by atoms with Crippen LogP contribution in [0.25, 0.3) is 0 Å². The zero-order valence-electron chi connectivity index (χ0n) is 15.5. The Bertz CT molecular complexity index is 828. The number of rotatable bonds is 7. The second-order valence-corrected chi connectivity index (χ2v) is 7.07. The van der Waals surface area contributed by atoms with Crippen LogP contribution in [-0.4, -0.2) is 35.2 Å². The first-order valence-corrected chi connectivity index (χ1v) is 8.80. The molecule has 1 heterocycles. The molecule has 0 radical (unpaired) electrons. The van der Waals surface area contributed by atoms with E-state index >= 15 is 0 Å². The van der Waals surface area contributed by atoms with Crippen molar-refractivity contribution in [1.29, 1.82) is 0 Å². The van der Waals surface area contributed by atoms with Crippen LogP contribution in [0.5, 0.6) is 11.7 Å². The van der Waals surface area contributed by atoms with Crippen molar-refractivity contribution < 1.29 is 28.6 Å². The Balaban J connectivity index is 1.73. The Labute approximate surface area is 157 Å². The van der Waals surface area contributed by atoms with Crippen molar-refractivity contribution in [3.63, 3.8) is 0 Å². The van der Waals surface area contributed by atoms with Gasteiger partial charge < -0.3 is 24.3 Å². The number of ether oxygens (including phenoxy) is 2. The monoisotopic (exact) mass is 373 g/mol. The molecule has 0 bridgehead atoms. The summed E-state index contributed by atoms with van der Waals surface area (Å²) in [4.78, 5) is 24.6. The fourth-order valence-electron chi connectivity index (χ4n) is 3.39. The molecule has 27 heavy (non-hydrogen) atoms. The van der Waals surface area contributed by atoms with Crippen molar-refractivity contribution in [3.05, 3.63) is 48.2 Å². The predicted octanol–water partition coefficient (Wildman–Crippen LogP) is 3.46. The Hall–Kier alpha value is -2.80. The molecule has 0 aliphatic heterocycles. The maximum absolute atomic E-state index is 12.6. The number of carbonyl (C=O) groups excluding carboxylic acids is 1. The van der Waals surface area contributed by atoms with Crippen molar-refractivity contribution in [2.45, 2.75) is 38.8 Å². The summed E-state index contributed by atoms with van der Waals surface area (Å²) in [5.74, 6) is -0.999. The molecule has 2 aromatic rings. The van der Waals surface area contributed by atoms with Gasteiger partial charge >= 0.3 is 5.97 Å². The molecular weight excluding hydrogens is 350 g/mol. The van der Waals surface area contributed by atoms with Crippen LogP contribution in [0.15, 0.2) is 46.9 Å². The number of carbonyl (C=O) groups is 2. The van der Waals surface area contributed by atoms with Crippen LogP contribution < -0.4 is 10.1 Å². The smallest absolute Gasteiger partial charge is 0.330 e. The number of amides is 1. The molecule has 2 N–H and O–H groups in total. The number of para-hydroxylation sites is 1. The minimum Gasteiger partial charge on any atom is -0.479 e. The largest absolute Gasteiger partial charge is 0.479 e. The molecule has 0 spiro atoms. The minimum atomic E-state index is -1.42. The van der Waals surface area contributed by atoms with Gasteiger partial charge in [0.1, 0.15) is 11.3 Å². The second-order valence-electron chi connectivity index (χ2n) is 7.07. The number of benzene rings is 1. The maximum atomic E-state index is 12.6. The highest BCUT2D eigenvalue weighted by Gasteiger charge is 2.66. The summed E-state index contributed by atoms with van der Waals surface area (Å²) < 4.78 is 16.6. The van der Waals surface area contributed by atoms with Crippen molar-refractivity contribution >= 4 is 11.9 Å². The SMILES string of the molecule is CCOC1CC(NC(=O)c2ccc(Oc3ccccc3)o2)(C(=O)O)C1(C)C. The van der Waals surface area contributed by atoms with Crippen LogP contribution in [-0.2, 0) is 9.53 Å². The second kappa shape index (κ2) is 7.08. The van der Waals surface area contributed by atoms with E-state index in [1.54, 1.807) is 26.0 Å². The lowest BCUT2D eigenvalue weighted by Gasteiger charge is -2.58. The number of hydrogen-bond donors (Lipinski definition) is 2. The summed E-state index contributed by atoms with van der Waals surface area (Å²) in [6, 6.07) is 12.0. The van der Waals surface area contributed by atoms with Gasteiger partial charge in [0, 0.05) is 24.5 Å². The fourth-order valence-corrected chi connectivity index (χ4v) is 3.39. The number of carboxylic acids is 1. The molecular formula is C20H23NO6. The molecule has 3 rings (SSSR count). The molecule has 7 heteroatoms. The van der Waals surface area contributed by atoms with E-state index in [4.69, 9.17) is 13.9 Å². The van der Waals surface area contributed by atoms with Gasteiger partial charge in [-0.25, -0.2) is 4.79 Å². The van der Waals surface area contributed by atoms with E-state index in [9.17, 15) is 14.7 Å². The summed E-state index contributed by atoms with van der Waals surface area (Å²) in [5.41, 5.74) is -2.18. The average molecular weight is 373 g/mol. The molecule has 1 saturated carbocycles. The Morgan fingerprint density at radius 1 is 1.22 bits per heavy atom. The van der Waals surface area contributed by atoms with E-state index in [1.807, 2.05) is 25.1 Å². The first-order chi connectivity index (χ1) is 12.8. The molecule has 0 saturated heterocycles. The number of hydrogen-bond acceptors (Lipinski definition) is 5. The van der Waals surface area contributed by atoms with Crippen LogP contribution in [0.2, 0.25) is 0 Å². The van der Waals surface area contributed by atoms with Crippen molar-refractivity contribution in [1.82, 2.24) is 5.32 Å². The molecule has 1 amide bonds. The molecule has 2 atom stereocenters. The maximum Gasteiger partial charge on any atom is 0.330 e. The van der Waals surface area contributed by atoms with E-state index in [1.165, 1.54) is 12.1 Å². The van der Waals surface area contributed by atoms with Crippen LogP contribution in [0.3, 0.4) is 0 Å². The molecule has 7 nitrogen and oxygen atoms in total. The molecule has 1 aromatic heterocycles. The average Bonchev–Trinajstić information content (AvgIpc) is 3.09. The van der Waals surface area contributed by atoms with Crippen LogP contribution in [0.4, 0.5) is 0 Å². The van der Waals surface area contributed by atoms with Gasteiger partial charge in [-0.1, -0.05) is 32.0 Å². The van der Waals surface area contributed by atoms with E-state index in [-0.39, 0.29) is 24.2 Å². The van der Waals surface area contributed by atoms with Gasteiger partial charge in [-0.2, -0.15) is 0 Å². The summed E-state index contributed by atoms with van der Waals surface area (Å²) in [6.45, 7) is 5.89. The van der Waals surface area contributed by atoms with Crippen LogP contribution in [0.1, 0.15) is 37.7 Å². The molecule has 144 valence electrons. The molecule has 1 fully saturated rings. The molecule has 1 aliphatic rings. The first-order valence-electron chi connectivity index (χ1n) is 8.80. The first kappa shape index (κ1) is 19.0. The van der Waals surface area contributed by atoms with Crippen molar-refractivity contribution in [2.75, 3.05) is 6.61 Å². The van der Waals surface area contributed by atoms with Gasteiger partial charge in [0.05, 0.1) is 6.10 Å². The van der Waals surface area contributed by atoms with Gasteiger partial charge in [0.15, 0.2) is 5.76 Å². The van der Waals surface area contributed by atoms with Crippen molar-refractivity contribution in [2.24, 2.45) is 5.41 Å². The van der Waals surface area contributed by atoms with E-state index < -0.39 is 22.8 Å². The third kappa shape index (κ3) is 3.30. The third-order valence-corrected chi connectivity index (χ3v) is 5.22. The number of aliphatic carboxylic acids is 1. The van der Waals surface area contributed by atoms with Gasteiger partial charge in [0.2, 0.25) is 0 Å². The summed E-state index contributed by atoms with van der Waals surface area (Å²) in [6.07, 6.45) is -0.0457. The standard InChI is InChI=1S/C20H23NO6/c1-4-25-15-12-20(18(23)24,19(15,2)3)21-17(22)14-10-11-16(27-14)26-13-8-6-5-7-9-13/h5-11,15H,4,12H2,1-3H3,(H,21,22)(H,23,24). The lowest BCUT2D eigenvalue weighted by molar-refractivity contribution is -0.190. The molecule has 2 unspecified atom stereocenters. The highest BCUT2D eigenvalue weighted by Crippen LogP contribution is 2.51. The molecule has 1 aromatic carbocycles. The lowest BCUT2D eigenvalue weighted by atomic mass is 9.54. The van der Waals surface area contributed by atoms with Crippen LogP contribution >= 0.6 is 0 Å². The predicted molar refractivity (Wildman–Crippen MR) is 96.9 cm³/mol. The van der Waals surface area contributed by atoms with Gasteiger partial charge in [0.25, 0.3) is 11.9 Å². The number of nitrogens with one attached hydrogen (secondary N) is 1.